The van der Waals surface area contributed by atoms with E-state index in [2.05, 4.69) is 0 Å². The number of rotatable bonds is 1. The van der Waals surface area contributed by atoms with Crippen molar-refractivity contribution < 1.29 is 28.5 Å². The summed E-state index contributed by atoms with van der Waals surface area (Å²) in [6.45, 7) is 0. The van der Waals surface area contributed by atoms with Crippen molar-refractivity contribution in [2.24, 2.45) is 0 Å². The summed E-state index contributed by atoms with van der Waals surface area (Å²) >= 11 is 0. The Hall–Kier alpha value is -2.80. The van der Waals surface area contributed by atoms with Crippen LogP contribution in [-0.4, -0.2) is 24.3 Å². The first-order chi connectivity index (χ1) is 11.5. The van der Waals surface area contributed by atoms with Gasteiger partial charge in [-0.3, -0.25) is 4.79 Å². The fraction of sp³-hybridized carbons (Fsp3) is 0.294. The number of hydrogen-bond acceptors (Lipinski definition) is 7. The van der Waals surface area contributed by atoms with E-state index in [0.29, 0.717) is 34.4 Å². The van der Waals surface area contributed by atoms with Crippen LogP contribution in [0.2, 0.25) is 0 Å². The van der Waals surface area contributed by atoms with E-state index >= 15 is 0 Å². The number of ether oxygens (including phenoxy) is 3. The van der Waals surface area contributed by atoms with Gasteiger partial charge in [0.15, 0.2) is 17.0 Å². The minimum atomic E-state index is -1.55. The molecule has 1 aromatic heterocycles. The van der Waals surface area contributed by atoms with E-state index in [1.165, 1.54) is 19.4 Å². The lowest BCUT2D eigenvalue weighted by Crippen LogP contribution is -2.33. The maximum atomic E-state index is 12.3. The average molecular weight is 328 g/mol. The lowest BCUT2D eigenvalue weighted by Gasteiger charge is -2.19. The SMILES string of the molecule is COc1cc2c(c3oc(=O)c4c(c13)CCC4=O)[C@]1(O)C=COC1O2. The predicted molar refractivity (Wildman–Crippen MR) is 80.2 cm³/mol. The summed E-state index contributed by atoms with van der Waals surface area (Å²) in [5.74, 6) is 0.509. The Bertz CT molecular complexity index is 1020. The Morgan fingerprint density at radius 3 is 2.96 bits per heavy atom. The number of methoxy groups -OCH3 is 1. The zero-order valence-electron chi connectivity index (χ0n) is 12.6. The number of aliphatic hydroxyl groups is 1. The fourth-order valence-corrected chi connectivity index (χ4v) is 3.75. The highest BCUT2D eigenvalue weighted by Gasteiger charge is 2.53. The number of fused-ring (bicyclic) bond motifs is 7. The number of benzene rings is 1. The van der Waals surface area contributed by atoms with Gasteiger partial charge in [0.05, 0.1) is 24.3 Å². The van der Waals surface area contributed by atoms with Crippen molar-refractivity contribution in [3.63, 3.8) is 0 Å². The smallest absolute Gasteiger partial charge is 0.347 e. The third-order valence-electron chi connectivity index (χ3n) is 4.83. The molecule has 1 aromatic carbocycles. The van der Waals surface area contributed by atoms with Crippen molar-refractivity contribution in [3.8, 4) is 11.5 Å². The van der Waals surface area contributed by atoms with Crippen molar-refractivity contribution in [2.45, 2.75) is 24.7 Å². The van der Waals surface area contributed by atoms with Crippen LogP contribution in [0.3, 0.4) is 0 Å². The second-order valence-electron chi connectivity index (χ2n) is 6.04. The topological polar surface area (TPSA) is 95.2 Å². The van der Waals surface area contributed by atoms with Gasteiger partial charge >= 0.3 is 5.63 Å². The maximum absolute atomic E-state index is 12.3. The Kier molecular flexibility index (Phi) is 2.37. The van der Waals surface area contributed by atoms with Crippen LogP contribution in [-0.2, 0) is 16.8 Å². The summed E-state index contributed by atoms with van der Waals surface area (Å²) in [5, 5.41) is 11.5. The first-order valence-electron chi connectivity index (χ1n) is 7.51. The van der Waals surface area contributed by atoms with Gasteiger partial charge in [-0.25, -0.2) is 4.79 Å². The molecule has 2 atom stereocenters. The number of Topliss-reactive ketones (excluding diaryl/α,β-unsaturated/α-hetero) is 1. The lowest BCUT2D eigenvalue weighted by atomic mass is 9.92. The molecule has 3 heterocycles. The second-order valence-corrected chi connectivity index (χ2v) is 6.04. The largest absolute Gasteiger partial charge is 0.496 e. The van der Waals surface area contributed by atoms with Crippen LogP contribution in [0, 0.1) is 0 Å². The monoisotopic (exact) mass is 328 g/mol. The molecule has 2 aliphatic heterocycles. The molecule has 0 saturated heterocycles. The maximum Gasteiger partial charge on any atom is 0.347 e. The van der Waals surface area contributed by atoms with E-state index in [9.17, 15) is 14.7 Å². The molecule has 122 valence electrons. The first kappa shape index (κ1) is 13.6. The van der Waals surface area contributed by atoms with Gasteiger partial charge in [0.25, 0.3) is 6.29 Å². The summed E-state index contributed by atoms with van der Waals surface area (Å²) in [7, 11) is 1.48. The molecule has 1 aliphatic carbocycles. The first-order valence-corrected chi connectivity index (χ1v) is 7.51. The van der Waals surface area contributed by atoms with Crippen LogP contribution in [0.1, 0.15) is 27.9 Å². The van der Waals surface area contributed by atoms with Crippen LogP contribution in [0.15, 0.2) is 27.6 Å². The van der Waals surface area contributed by atoms with Crippen molar-refractivity contribution in [1.29, 1.82) is 0 Å². The molecule has 0 fully saturated rings. The standard InChI is InChI=1S/C17H12O7/c1-21-9-6-10-13(17(20)4-5-22-16(17)23-10)14-12(9)7-2-3-8(18)11(7)15(19)24-14/h4-6,16,20H,2-3H2,1H3/t16?,17-/m1/s1. The van der Waals surface area contributed by atoms with E-state index in [0.717, 1.165) is 0 Å². The zero-order chi connectivity index (χ0) is 16.6. The summed E-state index contributed by atoms with van der Waals surface area (Å²) in [4.78, 5) is 24.3. The molecule has 1 unspecified atom stereocenters. The molecule has 5 rings (SSSR count). The Morgan fingerprint density at radius 2 is 2.17 bits per heavy atom. The summed E-state index contributed by atoms with van der Waals surface area (Å²) < 4.78 is 21.7. The van der Waals surface area contributed by atoms with Crippen LogP contribution in [0.5, 0.6) is 11.5 Å². The third-order valence-corrected chi connectivity index (χ3v) is 4.83. The van der Waals surface area contributed by atoms with Crippen molar-refractivity contribution in [3.05, 3.63) is 45.5 Å². The molecule has 0 spiro atoms. The quantitative estimate of drug-likeness (QED) is 0.790. The highest BCUT2D eigenvalue weighted by atomic mass is 16.7. The molecule has 1 N–H and O–H groups in total. The summed E-state index contributed by atoms with van der Waals surface area (Å²) in [6.07, 6.45) is 2.54. The minimum Gasteiger partial charge on any atom is -0.496 e. The van der Waals surface area contributed by atoms with Crippen molar-refractivity contribution in [2.75, 3.05) is 7.11 Å². The molecule has 3 aliphatic rings. The van der Waals surface area contributed by atoms with Crippen LogP contribution < -0.4 is 15.1 Å². The van der Waals surface area contributed by atoms with Crippen molar-refractivity contribution >= 4 is 16.8 Å². The zero-order valence-corrected chi connectivity index (χ0v) is 12.6. The van der Waals surface area contributed by atoms with Crippen LogP contribution in [0.4, 0.5) is 0 Å². The van der Waals surface area contributed by atoms with Gasteiger partial charge in [-0.2, -0.15) is 0 Å². The van der Waals surface area contributed by atoms with Crippen LogP contribution >= 0.6 is 0 Å². The minimum absolute atomic E-state index is 0.0708. The van der Waals surface area contributed by atoms with Gasteiger partial charge in [-0.15, -0.1) is 0 Å². The molecule has 0 amide bonds. The summed E-state index contributed by atoms with van der Waals surface area (Å²) in [5.41, 5.74) is -1.10. The number of carbonyl (C=O) groups is 1. The molecular formula is C17H12O7. The molecule has 0 radical (unpaired) electrons. The fourth-order valence-electron chi connectivity index (χ4n) is 3.75. The second kappa shape index (κ2) is 4.18. The van der Waals surface area contributed by atoms with Gasteiger partial charge in [0, 0.05) is 12.5 Å². The Labute approximate surface area is 135 Å². The van der Waals surface area contributed by atoms with Crippen molar-refractivity contribution in [1.82, 2.24) is 0 Å². The molecular weight excluding hydrogens is 316 g/mol. The highest BCUT2D eigenvalue weighted by Crippen LogP contribution is 2.52. The Balaban J connectivity index is 1.97. The number of aryl methyl sites for hydroxylation is 1. The number of hydrogen-bond donors (Lipinski definition) is 1. The molecule has 7 heteroatoms. The molecule has 0 saturated carbocycles. The normalized spacial score (nSPS) is 26.1. The predicted octanol–water partition coefficient (Wildman–Crippen LogP) is 1.38. The highest BCUT2D eigenvalue weighted by molar-refractivity contribution is 6.06. The van der Waals surface area contributed by atoms with E-state index < -0.39 is 17.5 Å². The van der Waals surface area contributed by atoms with Gasteiger partial charge in [0.2, 0.25) is 0 Å². The van der Waals surface area contributed by atoms with E-state index in [4.69, 9.17) is 18.6 Å². The van der Waals surface area contributed by atoms with Gasteiger partial charge in [-0.1, -0.05) is 0 Å². The van der Waals surface area contributed by atoms with Crippen LogP contribution in [0.25, 0.3) is 11.0 Å². The molecule has 24 heavy (non-hydrogen) atoms. The third kappa shape index (κ3) is 1.41. The number of ketones is 1. The average Bonchev–Trinajstić information content (AvgIpc) is 3.17. The summed E-state index contributed by atoms with van der Waals surface area (Å²) in [6, 6.07) is 1.62. The molecule has 7 nitrogen and oxygen atoms in total. The van der Waals surface area contributed by atoms with Gasteiger partial charge in [-0.05, 0) is 18.1 Å². The van der Waals surface area contributed by atoms with Gasteiger partial charge in [0.1, 0.15) is 17.1 Å². The van der Waals surface area contributed by atoms with E-state index in [1.807, 2.05) is 0 Å². The molecule has 2 aromatic rings. The number of carbonyl (C=O) groups excluding carboxylic acids is 1. The van der Waals surface area contributed by atoms with E-state index in [-0.39, 0.29) is 23.4 Å². The Morgan fingerprint density at radius 1 is 1.33 bits per heavy atom. The lowest BCUT2D eigenvalue weighted by molar-refractivity contribution is -0.109. The molecule has 0 bridgehead atoms. The van der Waals surface area contributed by atoms with E-state index in [1.54, 1.807) is 6.07 Å². The van der Waals surface area contributed by atoms with Gasteiger partial charge < -0.3 is 23.7 Å².